The summed E-state index contributed by atoms with van der Waals surface area (Å²) in [6.45, 7) is 11.8. The molecule has 0 aliphatic carbocycles. The van der Waals surface area contributed by atoms with Gasteiger partial charge in [-0.25, -0.2) is 9.97 Å². The molecule has 0 amide bonds. The molecule has 3 nitrogen and oxygen atoms in total. The zero-order valence-corrected chi connectivity index (χ0v) is 13.0. The summed E-state index contributed by atoms with van der Waals surface area (Å²) in [4.78, 5) is 8.79. The molecule has 0 bridgehead atoms. The first-order chi connectivity index (χ1) is 8.40. The zero-order chi connectivity index (χ0) is 13.6. The SMILES string of the molecule is CCC(C)CSc1ncc(CNC(C)(C)C)cn1. The number of thioether (sulfide) groups is 1. The van der Waals surface area contributed by atoms with E-state index in [1.807, 2.05) is 12.4 Å². The van der Waals surface area contributed by atoms with Crippen molar-refractivity contribution in [1.29, 1.82) is 0 Å². The van der Waals surface area contributed by atoms with Crippen molar-refractivity contribution in [3.05, 3.63) is 18.0 Å². The van der Waals surface area contributed by atoms with Crippen LogP contribution in [0.3, 0.4) is 0 Å². The van der Waals surface area contributed by atoms with Gasteiger partial charge in [-0.05, 0) is 26.7 Å². The number of nitrogens with one attached hydrogen (secondary N) is 1. The molecule has 1 aromatic heterocycles. The second kappa shape index (κ2) is 7.10. The second-order valence-electron chi connectivity index (χ2n) is 5.80. The highest BCUT2D eigenvalue weighted by Gasteiger charge is 2.09. The first-order valence-electron chi connectivity index (χ1n) is 6.59. The van der Waals surface area contributed by atoms with Crippen molar-refractivity contribution in [2.24, 2.45) is 5.92 Å². The van der Waals surface area contributed by atoms with Crippen LogP contribution in [0, 0.1) is 5.92 Å². The topological polar surface area (TPSA) is 37.8 Å². The van der Waals surface area contributed by atoms with Gasteiger partial charge in [0.1, 0.15) is 0 Å². The highest BCUT2D eigenvalue weighted by molar-refractivity contribution is 7.99. The molecule has 1 heterocycles. The lowest BCUT2D eigenvalue weighted by molar-refractivity contribution is 0.423. The monoisotopic (exact) mass is 267 g/mol. The minimum Gasteiger partial charge on any atom is -0.308 e. The van der Waals surface area contributed by atoms with Gasteiger partial charge < -0.3 is 5.32 Å². The van der Waals surface area contributed by atoms with Gasteiger partial charge in [-0.15, -0.1) is 0 Å². The molecule has 18 heavy (non-hydrogen) atoms. The Morgan fingerprint density at radius 2 is 1.89 bits per heavy atom. The molecule has 0 spiro atoms. The van der Waals surface area contributed by atoms with Gasteiger partial charge in [0.05, 0.1) is 0 Å². The first kappa shape index (κ1) is 15.4. The molecule has 1 aromatic rings. The van der Waals surface area contributed by atoms with Crippen LogP contribution in [-0.4, -0.2) is 21.3 Å². The van der Waals surface area contributed by atoms with Crippen molar-refractivity contribution in [2.45, 2.75) is 58.3 Å². The molecule has 0 radical (unpaired) electrons. The summed E-state index contributed by atoms with van der Waals surface area (Å²) < 4.78 is 0. The molecule has 1 N–H and O–H groups in total. The van der Waals surface area contributed by atoms with Gasteiger partial charge in [-0.3, -0.25) is 0 Å². The largest absolute Gasteiger partial charge is 0.308 e. The van der Waals surface area contributed by atoms with Gasteiger partial charge in [0.2, 0.25) is 0 Å². The molecule has 0 saturated heterocycles. The van der Waals surface area contributed by atoms with Crippen LogP contribution >= 0.6 is 11.8 Å². The summed E-state index contributed by atoms with van der Waals surface area (Å²) in [7, 11) is 0. The zero-order valence-electron chi connectivity index (χ0n) is 12.2. The first-order valence-corrected chi connectivity index (χ1v) is 7.58. The van der Waals surface area contributed by atoms with E-state index in [-0.39, 0.29) is 5.54 Å². The van der Waals surface area contributed by atoms with Crippen molar-refractivity contribution in [3.8, 4) is 0 Å². The van der Waals surface area contributed by atoms with Crippen LogP contribution < -0.4 is 5.32 Å². The van der Waals surface area contributed by atoms with Crippen molar-refractivity contribution in [3.63, 3.8) is 0 Å². The van der Waals surface area contributed by atoms with E-state index in [9.17, 15) is 0 Å². The van der Waals surface area contributed by atoms with Gasteiger partial charge >= 0.3 is 0 Å². The highest BCUT2D eigenvalue weighted by atomic mass is 32.2. The van der Waals surface area contributed by atoms with Crippen LogP contribution in [0.5, 0.6) is 0 Å². The number of aromatic nitrogens is 2. The van der Waals surface area contributed by atoms with Crippen molar-refractivity contribution >= 4 is 11.8 Å². The maximum absolute atomic E-state index is 4.40. The average Bonchev–Trinajstić information content (AvgIpc) is 2.33. The van der Waals surface area contributed by atoms with Crippen LogP contribution in [0.25, 0.3) is 0 Å². The molecule has 1 unspecified atom stereocenters. The lowest BCUT2D eigenvalue weighted by Crippen LogP contribution is -2.35. The fraction of sp³-hybridized carbons (Fsp3) is 0.714. The molecular formula is C14H25N3S. The van der Waals surface area contributed by atoms with Crippen LogP contribution in [0.2, 0.25) is 0 Å². The molecule has 1 rings (SSSR count). The van der Waals surface area contributed by atoms with Crippen molar-refractivity contribution in [1.82, 2.24) is 15.3 Å². The molecule has 0 aliphatic rings. The Morgan fingerprint density at radius 1 is 1.28 bits per heavy atom. The van der Waals surface area contributed by atoms with E-state index in [0.29, 0.717) is 0 Å². The standard InChI is InChI=1S/C14H25N3S/c1-6-11(2)10-18-13-15-7-12(8-16-13)9-17-14(3,4)5/h7-8,11,17H,6,9-10H2,1-5H3. The Balaban J connectivity index is 2.42. The Hall–Kier alpha value is -0.610. The Morgan fingerprint density at radius 3 is 2.39 bits per heavy atom. The minimum atomic E-state index is 0.129. The summed E-state index contributed by atoms with van der Waals surface area (Å²) in [5, 5.41) is 4.31. The van der Waals surface area contributed by atoms with Gasteiger partial charge in [-0.2, -0.15) is 0 Å². The Bertz CT molecular complexity index is 343. The summed E-state index contributed by atoms with van der Waals surface area (Å²) >= 11 is 1.74. The third-order valence-electron chi connectivity index (χ3n) is 2.70. The molecule has 0 saturated carbocycles. The van der Waals surface area contributed by atoms with E-state index in [2.05, 4.69) is 49.9 Å². The summed E-state index contributed by atoms with van der Waals surface area (Å²) in [5.41, 5.74) is 1.27. The molecular weight excluding hydrogens is 242 g/mol. The number of nitrogens with zero attached hydrogens (tertiary/aromatic N) is 2. The predicted molar refractivity (Wildman–Crippen MR) is 78.8 cm³/mol. The lowest BCUT2D eigenvalue weighted by Gasteiger charge is -2.20. The maximum Gasteiger partial charge on any atom is 0.187 e. The second-order valence-corrected chi connectivity index (χ2v) is 6.79. The fourth-order valence-electron chi connectivity index (χ4n) is 1.21. The molecule has 0 aromatic carbocycles. The lowest BCUT2D eigenvalue weighted by atomic mass is 10.1. The van der Waals surface area contributed by atoms with E-state index in [0.717, 1.165) is 28.9 Å². The van der Waals surface area contributed by atoms with Crippen molar-refractivity contribution in [2.75, 3.05) is 5.75 Å². The Kier molecular flexibility index (Phi) is 6.09. The third-order valence-corrected chi connectivity index (χ3v) is 3.90. The molecule has 4 heteroatoms. The van der Waals surface area contributed by atoms with Crippen LogP contribution in [0.1, 0.15) is 46.6 Å². The molecule has 0 fully saturated rings. The van der Waals surface area contributed by atoms with E-state index in [1.165, 1.54) is 6.42 Å². The predicted octanol–water partition coefficient (Wildman–Crippen LogP) is 3.50. The van der Waals surface area contributed by atoms with E-state index < -0.39 is 0 Å². The van der Waals surface area contributed by atoms with Crippen molar-refractivity contribution < 1.29 is 0 Å². The smallest absolute Gasteiger partial charge is 0.187 e. The highest BCUT2D eigenvalue weighted by Crippen LogP contribution is 2.17. The number of hydrogen-bond donors (Lipinski definition) is 1. The van der Waals surface area contributed by atoms with E-state index in [4.69, 9.17) is 0 Å². The molecule has 102 valence electrons. The quantitative estimate of drug-likeness (QED) is 0.632. The van der Waals surface area contributed by atoms with Crippen LogP contribution in [0.15, 0.2) is 17.6 Å². The molecule has 0 aliphatic heterocycles. The van der Waals surface area contributed by atoms with Crippen LogP contribution in [-0.2, 0) is 6.54 Å². The average molecular weight is 267 g/mol. The number of rotatable bonds is 6. The van der Waals surface area contributed by atoms with Gasteiger partial charge in [0.25, 0.3) is 0 Å². The summed E-state index contributed by atoms with van der Waals surface area (Å²) in [5.74, 6) is 1.82. The summed E-state index contributed by atoms with van der Waals surface area (Å²) in [6.07, 6.45) is 5.05. The van der Waals surface area contributed by atoms with Gasteiger partial charge in [0, 0.05) is 35.8 Å². The number of hydrogen-bond acceptors (Lipinski definition) is 4. The summed E-state index contributed by atoms with van der Waals surface area (Å²) in [6, 6.07) is 0. The van der Waals surface area contributed by atoms with E-state index in [1.54, 1.807) is 11.8 Å². The maximum atomic E-state index is 4.40. The molecule has 1 atom stereocenters. The minimum absolute atomic E-state index is 0.129. The van der Waals surface area contributed by atoms with Crippen LogP contribution in [0.4, 0.5) is 0 Å². The third kappa shape index (κ3) is 6.36. The fourth-order valence-corrected chi connectivity index (χ4v) is 2.13. The van der Waals surface area contributed by atoms with Gasteiger partial charge in [-0.1, -0.05) is 32.0 Å². The normalized spacial score (nSPS) is 13.6. The Labute approximate surface area is 115 Å². The van der Waals surface area contributed by atoms with Gasteiger partial charge in [0.15, 0.2) is 5.16 Å². The van der Waals surface area contributed by atoms with E-state index >= 15 is 0 Å².